The summed E-state index contributed by atoms with van der Waals surface area (Å²) in [7, 11) is 0. The van der Waals surface area contributed by atoms with E-state index in [2.05, 4.69) is 44.4 Å². The third-order valence-electron chi connectivity index (χ3n) is 6.22. The lowest BCUT2D eigenvalue weighted by atomic mass is 9.78. The number of hydrogen-bond acceptors (Lipinski definition) is 3. The summed E-state index contributed by atoms with van der Waals surface area (Å²) in [6.07, 6.45) is 16.6. The van der Waals surface area contributed by atoms with Crippen molar-refractivity contribution in [3.8, 4) is 0 Å². The molecule has 0 bridgehead atoms. The lowest BCUT2D eigenvalue weighted by Crippen LogP contribution is -2.25. The van der Waals surface area contributed by atoms with E-state index in [1.54, 1.807) is 24.4 Å². The minimum atomic E-state index is -0.127. The topological polar surface area (TPSA) is 44.6 Å². The number of aliphatic hydroxyl groups excluding tert-OH is 1. The third-order valence-corrected chi connectivity index (χ3v) is 6.22. The summed E-state index contributed by atoms with van der Waals surface area (Å²) < 4.78 is 13.6. The van der Waals surface area contributed by atoms with E-state index in [4.69, 9.17) is 0 Å². The predicted octanol–water partition coefficient (Wildman–Crippen LogP) is 8.35. The minimum Gasteiger partial charge on any atom is -0.393 e. The van der Waals surface area contributed by atoms with E-state index in [0.29, 0.717) is 5.69 Å². The fourth-order valence-corrected chi connectivity index (χ4v) is 3.95. The van der Waals surface area contributed by atoms with Gasteiger partial charge in [-0.1, -0.05) is 78.5 Å². The number of benzene rings is 1. The van der Waals surface area contributed by atoms with Crippen molar-refractivity contribution in [2.75, 3.05) is 11.9 Å². The molecule has 3 atom stereocenters. The molecule has 0 spiro atoms. The van der Waals surface area contributed by atoms with Gasteiger partial charge >= 0.3 is 0 Å². The van der Waals surface area contributed by atoms with Gasteiger partial charge in [-0.05, 0) is 74.4 Å². The van der Waals surface area contributed by atoms with E-state index in [-0.39, 0.29) is 11.9 Å². The Balaban J connectivity index is 0.000000538. The Labute approximate surface area is 203 Å². The molecule has 1 saturated carbocycles. The van der Waals surface area contributed by atoms with Crippen molar-refractivity contribution in [1.82, 2.24) is 0 Å². The fourth-order valence-electron chi connectivity index (χ4n) is 3.95. The molecule has 3 unspecified atom stereocenters. The van der Waals surface area contributed by atoms with Crippen LogP contribution in [0.25, 0.3) is 0 Å². The summed E-state index contributed by atoms with van der Waals surface area (Å²) in [6, 6.07) is 5.46. The number of aliphatic imine (C=N–C) groups is 1. The van der Waals surface area contributed by atoms with Crippen LogP contribution in [-0.2, 0) is 6.42 Å². The third kappa shape index (κ3) is 15.5. The number of allylic oxidation sites excluding steroid dienone is 2. The zero-order valence-electron chi connectivity index (χ0n) is 21.7. The first-order valence-electron chi connectivity index (χ1n) is 12.9. The molecule has 1 aliphatic rings. The van der Waals surface area contributed by atoms with Crippen LogP contribution in [0, 0.1) is 17.7 Å². The molecule has 1 aromatic rings. The van der Waals surface area contributed by atoms with Gasteiger partial charge in [0.2, 0.25) is 0 Å². The van der Waals surface area contributed by atoms with Crippen molar-refractivity contribution >= 4 is 12.4 Å². The number of halogens is 1. The molecular formula is C29H49FN2O. The maximum absolute atomic E-state index is 13.6. The van der Waals surface area contributed by atoms with Crippen LogP contribution in [-0.4, -0.2) is 24.5 Å². The molecule has 0 saturated heterocycles. The Bertz CT molecular complexity index is 649. The van der Waals surface area contributed by atoms with Crippen molar-refractivity contribution in [2.24, 2.45) is 16.8 Å². The standard InChI is InChI=1S/C15H24FN.C9H18O.C5H7N/c1-3-5-6-7-8-11-17-15-10-9-13(4-2)12-14(15)16;1-3-8-6-9(10)5-4-7(8)2;1-3-4-5-6-2/h9-10,12,17H,3-8,11H2,1-2H3;7-10H,3-6H2,1-2H3;3-5H,1-2H2/b;;5-4-. The smallest absolute Gasteiger partial charge is 0.146 e. The molecule has 188 valence electrons. The molecule has 0 amide bonds. The van der Waals surface area contributed by atoms with Gasteiger partial charge in [0.1, 0.15) is 5.82 Å². The molecule has 0 aliphatic heterocycles. The van der Waals surface area contributed by atoms with Gasteiger partial charge < -0.3 is 10.4 Å². The highest BCUT2D eigenvalue weighted by molar-refractivity contribution is 5.46. The summed E-state index contributed by atoms with van der Waals surface area (Å²) in [4.78, 5) is 3.42. The highest BCUT2D eigenvalue weighted by Crippen LogP contribution is 2.31. The number of anilines is 1. The molecule has 1 aliphatic carbocycles. The average Bonchev–Trinajstić information content (AvgIpc) is 2.83. The molecule has 1 aromatic carbocycles. The molecule has 0 radical (unpaired) electrons. The quantitative estimate of drug-likeness (QED) is 0.198. The molecule has 1 fully saturated rings. The minimum absolute atomic E-state index is 0.00106. The molecule has 2 rings (SSSR count). The Hall–Kier alpha value is -1.94. The van der Waals surface area contributed by atoms with E-state index in [1.165, 1.54) is 38.5 Å². The monoisotopic (exact) mass is 460 g/mol. The maximum Gasteiger partial charge on any atom is 0.146 e. The van der Waals surface area contributed by atoms with Crippen LogP contribution in [0.1, 0.15) is 91.0 Å². The van der Waals surface area contributed by atoms with Gasteiger partial charge in [-0.25, -0.2) is 4.39 Å². The van der Waals surface area contributed by atoms with Crippen LogP contribution in [0.5, 0.6) is 0 Å². The summed E-state index contributed by atoms with van der Waals surface area (Å²) >= 11 is 0. The number of hydrogen-bond donors (Lipinski definition) is 2. The van der Waals surface area contributed by atoms with E-state index in [0.717, 1.165) is 49.6 Å². The SMILES string of the molecule is C=C/C=C\N=C.CCC1CC(O)CCC1C.CCCCCCCNc1ccc(CC)cc1F. The predicted molar refractivity (Wildman–Crippen MR) is 145 cm³/mol. The van der Waals surface area contributed by atoms with E-state index >= 15 is 0 Å². The van der Waals surface area contributed by atoms with Gasteiger partial charge in [0, 0.05) is 12.7 Å². The second-order valence-corrected chi connectivity index (χ2v) is 8.88. The molecule has 2 N–H and O–H groups in total. The first-order valence-corrected chi connectivity index (χ1v) is 12.9. The van der Waals surface area contributed by atoms with Crippen LogP contribution in [0.3, 0.4) is 0 Å². The van der Waals surface area contributed by atoms with Crippen molar-refractivity contribution in [3.63, 3.8) is 0 Å². The Morgan fingerprint density at radius 3 is 2.39 bits per heavy atom. The number of nitrogens with zero attached hydrogens (tertiary/aromatic N) is 1. The van der Waals surface area contributed by atoms with Crippen LogP contribution in [0.4, 0.5) is 10.1 Å². The zero-order valence-corrected chi connectivity index (χ0v) is 21.7. The second kappa shape index (κ2) is 20.7. The van der Waals surface area contributed by atoms with Gasteiger partial charge in [-0.3, -0.25) is 4.99 Å². The van der Waals surface area contributed by atoms with Gasteiger partial charge in [0.05, 0.1) is 11.8 Å². The van der Waals surface area contributed by atoms with Crippen molar-refractivity contribution in [3.05, 3.63) is 54.5 Å². The normalized spacial score (nSPS) is 19.6. The summed E-state index contributed by atoms with van der Waals surface area (Å²) in [5.41, 5.74) is 1.69. The Kier molecular flexibility index (Phi) is 19.4. The maximum atomic E-state index is 13.6. The van der Waals surface area contributed by atoms with Crippen LogP contribution in [0.15, 0.2) is 48.1 Å². The summed E-state index contributed by atoms with van der Waals surface area (Å²) in [5, 5.41) is 12.5. The van der Waals surface area contributed by atoms with Gasteiger partial charge in [-0.15, -0.1) is 0 Å². The van der Waals surface area contributed by atoms with Gasteiger partial charge in [0.25, 0.3) is 0 Å². The van der Waals surface area contributed by atoms with E-state index in [1.807, 2.05) is 19.1 Å². The van der Waals surface area contributed by atoms with Crippen LogP contribution < -0.4 is 5.32 Å². The fraction of sp³-hybridized carbons (Fsp3) is 0.621. The number of unbranched alkanes of at least 4 members (excludes halogenated alkanes) is 4. The molecule has 4 heteroatoms. The lowest BCUT2D eigenvalue weighted by Gasteiger charge is -2.30. The zero-order chi connectivity index (χ0) is 24.9. The molecular weight excluding hydrogens is 411 g/mol. The molecule has 33 heavy (non-hydrogen) atoms. The second-order valence-electron chi connectivity index (χ2n) is 8.88. The first-order chi connectivity index (χ1) is 15.9. The molecule has 3 nitrogen and oxygen atoms in total. The largest absolute Gasteiger partial charge is 0.393 e. The van der Waals surface area contributed by atoms with Crippen molar-refractivity contribution in [2.45, 2.75) is 98.0 Å². The highest BCUT2D eigenvalue weighted by Gasteiger charge is 2.24. The Morgan fingerprint density at radius 1 is 1.15 bits per heavy atom. The average molecular weight is 461 g/mol. The number of aryl methyl sites for hydroxylation is 1. The molecule has 0 aromatic heterocycles. The summed E-state index contributed by atoms with van der Waals surface area (Å²) in [5.74, 6) is 1.50. The van der Waals surface area contributed by atoms with Crippen molar-refractivity contribution in [1.29, 1.82) is 0 Å². The van der Waals surface area contributed by atoms with E-state index in [9.17, 15) is 9.50 Å². The number of aliphatic hydroxyl groups is 1. The summed E-state index contributed by atoms with van der Waals surface area (Å²) in [6.45, 7) is 16.3. The molecule has 0 heterocycles. The number of nitrogens with one attached hydrogen (secondary N) is 1. The van der Waals surface area contributed by atoms with E-state index < -0.39 is 0 Å². The first kappa shape index (κ1) is 31.1. The van der Waals surface area contributed by atoms with Crippen LogP contribution >= 0.6 is 0 Å². The van der Waals surface area contributed by atoms with Crippen molar-refractivity contribution < 1.29 is 9.50 Å². The highest BCUT2D eigenvalue weighted by atomic mass is 19.1. The van der Waals surface area contributed by atoms with Gasteiger partial charge in [-0.2, -0.15) is 0 Å². The Morgan fingerprint density at radius 2 is 1.88 bits per heavy atom. The lowest BCUT2D eigenvalue weighted by molar-refractivity contribution is 0.0726. The number of rotatable bonds is 11. The van der Waals surface area contributed by atoms with Crippen LogP contribution in [0.2, 0.25) is 0 Å². The van der Waals surface area contributed by atoms with Gasteiger partial charge in [0.15, 0.2) is 0 Å².